The van der Waals surface area contributed by atoms with Gasteiger partial charge >= 0.3 is 5.97 Å². The Morgan fingerprint density at radius 1 is 1.45 bits per heavy atom. The topological polar surface area (TPSA) is 66.8 Å². The molecule has 0 aliphatic carbocycles. The van der Waals surface area contributed by atoms with Gasteiger partial charge in [-0.2, -0.15) is 0 Å². The number of carbonyl (C=O) groups is 2. The summed E-state index contributed by atoms with van der Waals surface area (Å²) in [6.45, 7) is 0.721. The van der Waals surface area contributed by atoms with Crippen molar-refractivity contribution in [2.45, 2.75) is 0 Å². The van der Waals surface area contributed by atoms with Crippen LogP contribution in [0.1, 0.15) is 15.9 Å². The van der Waals surface area contributed by atoms with E-state index < -0.39 is 17.7 Å². The van der Waals surface area contributed by atoms with Crippen LogP contribution in [0.3, 0.4) is 0 Å². The average Bonchev–Trinajstić information content (AvgIpc) is 2.41. The zero-order valence-corrected chi connectivity index (χ0v) is 11.3. The van der Waals surface area contributed by atoms with E-state index in [1.54, 1.807) is 7.05 Å². The molecule has 0 fully saturated rings. The zero-order valence-electron chi connectivity index (χ0n) is 11.3. The summed E-state index contributed by atoms with van der Waals surface area (Å²) in [7, 11) is 3.07. The second kappa shape index (κ2) is 7.40. The van der Waals surface area contributed by atoms with Crippen LogP contribution >= 0.6 is 0 Å². The summed E-state index contributed by atoms with van der Waals surface area (Å²) in [5.41, 5.74) is 0.317. The maximum absolute atomic E-state index is 13.8. The molecule has 0 unspecified atom stereocenters. The first-order valence-electron chi connectivity index (χ1n) is 5.90. The second-order valence-electron chi connectivity index (χ2n) is 4.13. The number of hydrogen-bond donors (Lipinski definition) is 1. The van der Waals surface area contributed by atoms with Gasteiger partial charge < -0.3 is 14.7 Å². The van der Waals surface area contributed by atoms with E-state index in [1.165, 1.54) is 30.2 Å². The van der Waals surface area contributed by atoms with E-state index in [-0.39, 0.29) is 5.56 Å². The molecule has 0 saturated carbocycles. The number of methoxy groups -OCH3 is 1. The number of carboxylic acids is 1. The Morgan fingerprint density at radius 3 is 2.70 bits per heavy atom. The highest BCUT2D eigenvalue weighted by molar-refractivity contribution is 5.94. The second-order valence-corrected chi connectivity index (χ2v) is 4.13. The van der Waals surface area contributed by atoms with Gasteiger partial charge in [0.25, 0.3) is 5.91 Å². The minimum atomic E-state index is -1.12. The highest BCUT2D eigenvalue weighted by Gasteiger charge is 2.15. The molecule has 5 nitrogen and oxygen atoms in total. The van der Waals surface area contributed by atoms with Crippen LogP contribution in [-0.2, 0) is 9.53 Å². The van der Waals surface area contributed by atoms with Gasteiger partial charge in [-0.25, -0.2) is 9.18 Å². The number of likely N-dealkylation sites (N-methyl/N-ethyl adjacent to an activating group) is 1. The lowest BCUT2D eigenvalue weighted by Crippen LogP contribution is -2.30. The van der Waals surface area contributed by atoms with Crippen LogP contribution in [-0.4, -0.2) is 49.2 Å². The molecule has 0 aliphatic rings. The van der Waals surface area contributed by atoms with Crippen molar-refractivity contribution in [3.63, 3.8) is 0 Å². The Morgan fingerprint density at radius 2 is 2.15 bits per heavy atom. The normalized spacial score (nSPS) is 10.8. The number of benzene rings is 1. The zero-order chi connectivity index (χ0) is 15.1. The van der Waals surface area contributed by atoms with E-state index in [0.717, 1.165) is 12.1 Å². The number of aliphatic carboxylic acids is 1. The van der Waals surface area contributed by atoms with Crippen LogP contribution < -0.4 is 0 Å². The molecule has 0 heterocycles. The molecule has 0 aliphatic heterocycles. The monoisotopic (exact) mass is 281 g/mol. The highest BCUT2D eigenvalue weighted by atomic mass is 19.1. The summed E-state index contributed by atoms with van der Waals surface area (Å²) in [4.78, 5) is 23.7. The Bertz CT molecular complexity index is 528. The number of hydrogen-bond acceptors (Lipinski definition) is 3. The molecule has 108 valence electrons. The van der Waals surface area contributed by atoms with Gasteiger partial charge in [0.05, 0.1) is 12.2 Å². The van der Waals surface area contributed by atoms with Crippen molar-refractivity contribution in [1.82, 2.24) is 4.90 Å². The van der Waals surface area contributed by atoms with Gasteiger partial charge in [-0.3, -0.25) is 4.79 Å². The molecule has 1 amide bonds. The average molecular weight is 281 g/mol. The van der Waals surface area contributed by atoms with E-state index in [1.807, 2.05) is 0 Å². The van der Waals surface area contributed by atoms with E-state index in [4.69, 9.17) is 9.84 Å². The summed E-state index contributed by atoms with van der Waals surface area (Å²) >= 11 is 0. The Labute approximate surface area is 116 Å². The number of ether oxygens (including phenoxy) is 1. The molecule has 0 saturated heterocycles. The molecule has 0 aromatic heterocycles. The van der Waals surface area contributed by atoms with Crippen LogP contribution in [0.25, 0.3) is 6.08 Å². The van der Waals surface area contributed by atoms with E-state index >= 15 is 0 Å². The van der Waals surface area contributed by atoms with Gasteiger partial charge in [-0.15, -0.1) is 0 Å². The standard InChI is InChI=1S/C14H16FNO4/c1-16(7-8-20-2)14(19)11-5-3-10(9-12(11)15)4-6-13(17)18/h3-6,9H,7-8H2,1-2H3,(H,17,18). The number of rotatable bonds is 6. The maximum Gasteiger partial charge on any atom is 0.328 e. The summed E-state index contributed by atoms with van der Waals surface area (Å²) in [5.74, 6) is -2.26. The fraction of sp³-hybridized carbons (Fsp3) is 0.286. The van der Waals surface area contributed by atoms with Crippen molar-refractivity contribution < 1.29 is 23.8 Å². The van der Waals surface area contributed by atoms with Gasteiger partial charge in [0.2, 0.25) is 0 Å². The molecule has 0 bridgehead atoms. The molecule has 20 heavy (non-hydrogen) atoms. The van der Waals surface area contributed by atoms with E-state index in [2.05, 4.69) is 0 Å². The van der Waals surface area contributed by atoms with Crippen LogP contribution in [0.4, 0.5) is 4.39 Å². The molecular weight excluding hydrogens is 265 g/mol. The third-order valence-corrected chi connectivity index (χ3v) is 2.62. The quantitative estimate of drug-likeness (QED) is 0.805. The summed E-state index contributed by atoms with van der Waals surface area (Å²) in [6, 6.07) is 3.94. The largest absolute Gasteiger partial charge is 0.478 e. The lowest BCUT2D eigenvalue weighted by atomic mass is 10.1. The Kier molecular flexibility index (Phi) is 5.86. The fourth-order valence-corrected chi connectivity index (χ4v) is 1.51. The Hall–Kier alpha value is -2.21. The molecular formula is C14H16FNO4. The van der Waals surface area contributed by atoms with Crippen LogP contribution in [0.2, 0.25) is 0 Å². The van der Waals surface area contributed by atoms with E-state index in [9.17, 15) is 14.0 Å². The molecule has 0 spiro atoms. The molecule has 1 aromatic carbocycles. The minimum Gasteiger partial charge on any atom is -0.478 e. The van der Waals surface area contributed by atoms with Crippen LogP contribution in [0, 0.1) is 5.82 Å². The van der Waals surface area contributed by atoms with Crippen molar-refractivity contribution in [2.75, 3.05) is 27.3 Å². The van der Waals surface area contributed by atoms with Crippen LogP contribution in [0.5, 0.6) is 0 Å². The van der Waals surface area contributed by atoms with Crippen LogP contribution in [0.15, 0.2) is 24.3 Å². The SMILES string of the molecule is COCCN(C)C(=O)c1ccc(C=CC(=O)O)cc1F. The smallest absolute Gasteiger partial charge is 0.328 e. The fourth-order valence-electron chi connectivity index (χ4n) is 1.51. The summed E-state index contributed by atoms with van der Waals surface area (Å²) < 4.78 is 18.7. The predicted molar refractivity (Wildman–Crippen MR) is 71.9 cm³/mol. The Balaban J connectivity index is 2.87. The number of carbonyl (C=O) groups excluding carboxylic acids is 1. The molecule has 6 heteroatoms. The first kappa shape index (κ1) is 15.8. The number of carboxylic acid groups (broad SMARTS) is 1. The summed E-state index contributed by atoms with van der Waals surface area (Å²) in [5, 5.41) is 8.49. The third-order valence-electron chi connectivity index (χ3n) is 2.62. The first-order chi connectivity index (χ1) is 9.45. The van der Waals surface area contributed by atoms with Crippen molar-refractivity contribution >= 4 is 18.0 Å². The third kappa shape index (κ3) is 4.47. The lowest BCUT2D eigenvalue weighted by molar-refractivity contribution is -0.131. The highest BCUT2D eigenvalue weighted by Crippen LogP contribution is 2.13. The van der Waals surface area contributed by atoms with Gasteiger partial charge in [0.1, 0.15) is 5.82 Å². The molecule has 1 aromatic rings. The molecule has 1 rings (SSSR count). The van der Waals surface area contributed by atoms with Gasteiger partial charge in [0, 0.05) is 26.8 Å². The van der Waals surface area contributed by atoms with Crippen molar-refractivity contribution in [3.05, 3.63) is 41.2 Å². The van der Waals surface area contributed by atoms with Gasteiger partial charge in [-0.05, 0) is 23.8 Å². The lowest BCUT2D eigenvalue weighted by Gasteiger charge is -2.17. The molecule has 0 atom stereocenters. The molecule has 0 radical (unpaired) electrons. The van der Waals surface area contributed by atoms with Gasteiger partial charge in [0.15, 0.2) is 0 Å². The number of halogens is 1. The molecule has 1 N–H and O–H groups in total. The summed E-state index contributed by atoms with van der Waals surface area (Å²) in [6.07, 6.45) is 2.16. The van der Waals surface area contributed by atoms with Crippen molar-refractivity contribution in [1.29, 1.82) is 0 Å². The van der Waals surface area contributed by atoms with E-state index in [0.29, 0.717) is 18.7 Å². The van der Waals surface area contributed by atoms with Gasteiger partial charge in [-0.1, -0.05) is 6.07 Å². The van der Waals surface area contributed by atoms with Crippen molar-refractivity contribution in [2.24, 2.45) is 0 Å². The first-order valence-corrected chi connectivity index (χ1v) is 5.90. The minimum absolute atomic E-state index is 0.0592. The predicted octanol–water partition coefficient (Wildman–Crippen LogP) is 1.64. The number of nitrogens with zero attached hydrogens (tertiary/aromatic N) is 1. The number of amides is 1. The van der Waals surface area contributed by atoms with Crippen molar-refractivity contribution in [3.8, 4) is 0 Å². The maximum atomic E-state index is 13.8.